The molecule has 106 valence electrons. The van der Waals surface area contributed by atoms with Crippen molar-refractivity contribution in [1.29, 1.82) is 0 Å². The van der Waals surface area contributed by atoms with Crippen molar-refractivity contribution < 1.29 is 0 Å². The van der Waals surface area contributed by atoms with Gasteiger partial charge in [-0.15, -0.1) is 0 Å². The van der Waals surface area contributed by atoms with E-state index in [0.29, 0.717) is 0 Å². The van der Waals surface area contributed by atoms with E-state index < -0.39 is 0 Å². The maximum Gasteiger partial charge on any atom is 0.225 e. The molecule has 6 heteroatoms. The summed E-state index contributed by atoms with van der Waals surface area (Å²) in [7, 11) is 0. The van der Waals surface area contributed by atoms with Crippen LogP contribution in [0.25, 0.3) is 16.8 Å². The summed E-state index contributed by atoms with van der Waals surface area (Å²) in [6, 6.07) is 7.99. The zero-order valence-electron chi connectivity index (χ0n) is 11.6. The van der Waals surface area contributed by atoms with E-state index in [4.69, 9.17) is 4.98 Å². The Balaban J connectivity index is 1.75. The standard InChI is InChI=1S/C15H16N6/c1-2-14-12(4-9-21(14)18-5-1)13-3-6-17-15(19-13)20-10-7-16-8-11-20/h1-6,9,16H,7-8,10-11H2. The SMILES string of the molecule is c1cnn2ccc(-c3ccnc(N4CCNCC4)n3)c2c1. The van der Waals surface area contributed by atoms with Crippen molar-refractivity contribution in [1.82, 2.24) is 24.9 Å². The summed E-state index contributed by atoms with van der Waals surface area (Å²) in [5.41, 5.74) is 3.08. The van der Waals surface area contributed by atoms with Crippen molar-refractivity contribution in [3.63, 3.8) is 0 Å². The maximum atomic E-state index is 4.73. The predicted octanol–water partition coefficient (Wildman–Crippen LogP) is 1.20. The number of hydrogen-bond donors (Lipinski definition) is 1. The second kappa shape index (κ2) is 5.14. The van der Waals surface area contributed by atoms with E-state index in [0.717, 1.165) is 48.9 Å². The Kier molecular flexibility index (Phi) is 3.01. The number of nitrogens with one attached hydrogen (secondary N) is 1. The summed E-state index contributed by atoms with van der Waals surface area (Å²) in [5, 5.41) is 7.64. The molecule has 3 aromatic rings. The lowest BCUT2D eigenvalue weighted by molar-refractivity contribution is 0.580. The highest BCUT2D eigenvalue weighted by atomic mass is 15.3. The molecule has 4 rings (SSSR count). The van der Waals surface area contributed by atoms with Gasteiger partial charge in [-0.2, -0.15) is 5.10 Å². The number of aromatic nitrogens is 4. The number of hydrogen-bond acceptors (Lipinski definition) is 5. The third-order valence-corrected chi connectivity index (χ3v) is 3.76. The summed E-state index contributed by atoms with van der Waals surface area (Å²) in [6.45, 7) is 3.85. The molecule has 1 fully saturated rings. The number of piperazine rings is 1. The van der Waals surface area contributed by atoms with Gasteiger partial charge in [-0.1, -0.05) is 0 Å². The summed E-state index contributed by atoms with van der Waals surface area (Å²) in [6.07, 6.45) is 5.57. The lowest BCUT2D eigenvalue weighted by Crippen LogP contribution is -2.44. The zero-order chi connectivity index (χ0) is 14.1. The van der Waals surface area contributed by atoms with Crippen LogP contribution < -0.4 is 10.2 Å². The summed E-state index contributed by atoms with van der Waals surface area (Å²) >= 11 is 0. The molecule has 1 aliphatic rings. The molecule has 0 amide bonds. The molecule has 1 aliphatic heterocycles. The highest BCUT2D eigenvalue weighted by molar-refractivity contribution is 5.78. The van der Waals surface area contributed by atoms with Gasteiger partial charge >= 0.3 is 0 Å². The fourth-order valence-electron chi connectivity index (χ4n) is 2.68. The van der Waals surface area contributed by atoms with Gasteiger partial charge in [-0.25, -0.2) is 14.5 Å². The van der Waals surface area contributed by atoms with Gasteiger partial charge in [0.2, 0.25) is 5.95 Å². The topological polar surface area (TPSA) is 58.4 Å². The average molecular weight is 280 g/mol. The van der Waals surface area contributed by atoms with Crippen molar-refractivity contribution in [2.45, 2.75) is 0 Å². The monoisotopic (exact) mass is 280 g/mol. The van der Waals surface area contributed by atoms with E-state index in [2.05, 4.69) is 26.4 Å². The Morgan fingerprint density at radius 3 is 2.86 bits per heavy atom. The molecule has 3 aromatic heterocycles. The van der Waals surface area contributed by atoms with Crippen LogP contribution in [0.1, 0.15) is 0 Å². The Morgan fingerprint density at radius 2 is 1.95 bits per heavy atom. The highest BCUT2D eigenvalue weighted by Gasteiger charge is 2.14. The van der Waals surface area contributed by atoms with Crippen LogP contribution in [0.2, 0.25) is 0 Å². The van der Waals surface area contributed by atoms with E-state index >= 15 is 0 Å². The molecule has 0 radical (unpaired) electrons. The van der Waals surface area contributed by atoms with Gasteiger partial charge in [0.05, 0.1) is 11.2 Å². The maximum absolute atomic E-state index is 4.73. The van der Waals surface area contributed by atoms with Crippen LogP contribution in [0.15, 0.2) is 42.9 Å². The van der Waals surface area contributed by atoms with Crippen molar-refractivity contribution in [3.05, 3.63) is 42.9 Å². The molecular weight excluding hydrogens is 264 g/mol. The summed E-state index contributed by atoms with van der Waals surface area (Å²) in [4.78, 5) is 11.4. The van der Waals surface area contributed by atoms with Gasteiger partial charge in [0.1, 0.15) is 0 Å². The molecule has 0 aliphatic carbocycles. The minimum atomic E-state index is 0.803. The van der Waals surface area contributed by atoms with Crippen molar-refractivity contribution in [2.24, 2.45) is 0 Å². The second-order valence-corrected chi connectivity index (χ2v) is 5.06. The van der Waals surface area contributed by atoms with Gasteiger partial charge in [-0.3, -0.25) is 0 Å². The molecule has 0 unspecified atom stereocenters. The van der Waals surface area contributed by atoms with Crippen LogP contribution in [0.3, 0.4) is 0 Å². The van der Waals surface area contributed by atoms with E-state index in [1.807, 2.05) is 35.1 Å². The predicted molar refractivity (Wildman–Crippen MR) is 81.3 cm³/mol. The number of fused-ring (bicyclic) bond motifs is 1. The number of nitrogens with zero attached hydrogens (tertiary/aromatic N) is 5. The normalized spacial score (nSPS) is 15.5. The van der Waals surface area contributed by atoms with E-state index in [1.165, 1.54) is 0 Å². The minimum Gasteiger partial charge on any atom is -0.338 e. The van der Waals surface area contributed by atoms with E-state index in [-0.39, 0.29) is 0 Å². The van der Waals surface area contributed by atoms with Crippen LogP contribution in [0, 0.1) is 0 Å². The Morgan fingerprint density at radius 1 is 1.05 bits per heavy atom. The molecular formula is C15H16N6. The van der Waals surface area contributed by atoms with E-state index in [9.17, 15) is 0 Å². The van der Waals surface area contributed by atoms with Gasteiger partial charge in [-0.05, 0) is 24.3 Å². The number of anilines is 1. The lowest BCUT2D eigenvalue weighted by atomic mass is 10.2. The first kappa shape index (κ1) is 12.3. The van der Waals surface area contributed by atoms with Gasteiger partial charge < -0.3 is 10.2 Å². The third-order valence-electron chi connectivity index (χ3n) is 3.76. The highest BCUT2D eigenvalue weighted by Crippen LogP contribution is 2.24. The number of rotatable bonds is 2. The molecule has 0 bridgehead atoms. The lowest BCUT2D eigenvalue weighted by Gasteiger charge is -2.27. The van der Waals surface area contributed by atoms with Crippen molar-refractivity contribution in [2.75, 3.05) is 31.1 Å². The van der Waals surface area contributed by atoms with Crippen molar-refractivity contribution >= 4 is 11.5 Å². The first-order valence-electron chi connectivity index (χ1n) is 7.13. The zero-order valence-corrected chi connectivity index (χ0v) is 11.6. The molecule has 4 heterocycles. The van der Waals surface area contributed by atoms with Crippen LogP contribution in [0.5, 0.6) is 0 Å². The first-order chi connectivity index (χ1) is 10.4. The van der Waals surface area contributed by atoms with Crippen LogP contribution in [-0.4, -0.2) is 45.8 Å². The minimum absolute atomic E-state index is 0.803. The Hall–Kier alpha value is -2.47. The quantitative estimate of drug-likeness (QED) is 0.764. The average Bonchev–Trinajstić information content (AvgIpc) is 3.00. The van der Waals surface area contributed by atoms with Crippen LogP contribution in [0.4, 0.5) is 5.95 Å². The summed E-state index contributed by atoms with van der Waals surface area (Å²) < 4.78 is 1.86. The molecule has 0 aromatic carbocycles. The summed E-state index contributed by atoms with van der Waals surface area (Å²) in [5.74, 6) is 0.803. The van der Waals surface area contributed by atoms with E-state index in [1.54, 1.807) is 6.20 Å². The van der Waals surface area contributed by atoms with Gasteiger partial charge in [0, 0.05) is 50.3 Å². The second-order valence-electron chi connectivity index (χ2n) is 5.06. The molecule has 1 saturated heterocycles. The van der Waals surface area contributed by atoms with Crippen molar-refractivity contribution in [3.8, 4) is 11.3 Å². The van der Waals surface area contributed by atoms with Gasteiger partial charge in [0.15, 0.2) is 0 Å². The van der Waals surface area contributed by atoms with Crippen LogP contribution >= 0.6 is 0 Å². The fourth-order valence-corrected chi connectivity index (χ4v) is 2.68. The molecule has 0 saturated carbocycles. The van der Waals surface area contributed by atoms with Crippen LogP contribution in [-0.2, 0) is 0 Å². The molecule has 1 N–H and O–H groups in total. The third kappa shape index (κ3) is 2.23. The Bertz CT molecular complexity index is 759. The molecule has 0 spiro atoms. The molecule has 21 heavy (non-hydrogen) atoms. The smallest absolute Gasteiger partial charge is 0.225 e. The Labute approximate surface area is 122 Å². The fraction of sp³-hybridized carbons (Fsp3) is 0.267. The molecule has 6 nitrogen and oxygen atoms in total. The molecule has 0 atom stereocenters. The van der Waals surface area contributed by atoms with Gasteiger partial charge in [0.25, 0.3) is 0 Å². The largest absolute Gasteiger partial charge is 0.338 e. The first-order valence-corrected chi connectivity index (χ1v) is 7.13.